The summed E-state index contributed by atoms with van der Waals surface area (Å²) < 4.78 is 46.3. The summed E-state index contributed by atoms with van der Waals surface area (Å²) in [6, 6.07) is 0. The van der Waals surface area contributed by atoms with Crippen LogP contribution < -0.4 is 0 Å². The van der Waals surface area contributed by atoms with E-state index >= 15 is 0 Å². The minimum Gasteiger partial charge on any atom is -0.174 e. The first-order valence-electron chi connectivity index (χ1n) is 2.33. The van der Waals surface area contributed by atoms with Crippen molar-refractivity contribution >= 4 is 0 Å². The van der Waals surface area contributed by atoms with E-state index in [4.69, 9.17) is 0 Å². The van der Waals surface area contributed by atoms with Crippen LogP contribution in [-0.4, -0.2) is 12.2 Å². The quantitative estimate of drug-likeness (QED) is 0.359. The van der Waals surface area contributed by atoms with E-state index in [0.29, 0.717) is 13.8 Å². The van der Waals surface area contributed by atoms with Gasteiger partial charge in [-0.2, -0.15) is 27.3 Å². The number of hydrogen-bond acceptors (Lipinski definition) is 2. The molecule has 6 heteroatoms. The molecule has 0 fully saturated rings. The van der Waals surface area contributed by atoms with E-state index in [1.807, 2.05) is 0 Å². The first-order chi connectivity index (χ1) is 4.21. The summed E-state index contributed by atoms with van der Waals surface area (Å²) in [5.74, 6) is 0. The molecule has 0 aliphatic carbocycles. The molecule has 0 rings (SSSR count). The van der Waals surface area contributed by atoms with Crippen LogP contribution in [0, 0.1) is 0 Å². The summed E-state index contributed by atoms with van der Waals surface area (Å²) in [6.45, 7) is 0.581. The van der Waals surface area contributed by atoms with Crippen LogP contribution in [0.4, 0.5) is 17.6 Å². The number of rotatable bonds is 3. The van der Waals surface area contributed by atoms with Gasteiger partial charge in [0.15, 0.2) is 0 Å². The Kier molecular flexibility index (Phi) is 2.61. The Morgan fingerprint density at radius 1 is 0.800 bits per heavy atom. The Morgan fingerprint density at radius 2 is 1.00 bits per heavy atom. The highest BCUT2D eigenvalue weighted by Crippen LogP contribution is 2.20. The highest BCUT2D eigenvalue weighted by Gasteiger charge is 2.31. The molecule has 0 atom stereocenters. The van der Waals surface area contributed by atoms with Crippen molar-refractivity contribution in [2.24, 2.45) is 0 Å². The maximum Gasteiger partial charge on any atom is 0.378 e. The molecule has 2 nitrogen and oxygen atoms in total. The maximum absolute atomic E-state index is 11.6. The minimum atomic E-state index is -3.70. The second-order valence-corrected chi connectivity index (χ2v) is 1.78. The van der Waals surface area contributed by atoms with Crippen LogP contribution in [0.15, 0.2) is 0 Å². The SMILES string of the molecule is CC(F)(F)OOC(C)(F)F. The van der Waals surface area contributed by atoms with E-state index in [2.05, 4.69) is 9.78 Å². The molecule has 0 saturated carbocycles. The molecule has 0 aromatic carbocycles. The fraction of sp³-hybridized carbons (Fsp3) is 1.00. The first kappa shape index (κ1) is 9.64. The highest BCUT2D eigenvalue weighted by atomic mass is 19.3. The van der Waals surface area contributed by atoms with Gasteiger partial charge in [0.1, 0.15) is 0 Å². The van der Waals surface area contributed by atoms with Crippen LogP contribution in [0.25, 0.3) is 0 Å². The number of halogens is 4. The van der Waals surface area contributed by atoms with Gasteiger partial charge in [-0.05, 0) is 0 Å². The fourth-order valence-corrected chi connectivity index (χ4v) is 0.146. The van der Waals surface area contributed by atoms with Gasteiger partial charge in [0.05, 0.1) is 0 Å². The molecular formula is C4H6F4O2. The summed E-state index contributed by atoms with van der Waals surface area (Å²) >= 11 is 0. The summed E-state index contributed by atoms with van der Waals surface area (Å²) in [4.78, 5) is 6.02. The van der Waals surface area contributed by atoms with Crippen molar-refractivity contribution in [3.8, 4) is 0 Å². The van der Waals surface area contributed by atoms with Crippen LogP contribution in [0.1, 0.15) is 13.8 Å². The van der Waals surface area contributed by atoms with Gasteiger partial charge < -0.3 is 0 Å². The largest absolute Gasteiger partial charge is 0.378 e. The van der Waals surface area contributed by atoms with Gasteiger partial charge in [0.25, 0.3) is 0 Å². The van der Waals surface area contributed by atoms with Crippen molar-refractivity contribution in [3.05, 3.63) is 0 Å². The molecule has 62 valence electrons. The predicted octanol–water partition coefficient (Wildman–Crippen LogP) is 2.16. The molecule has 0 aliphatic rings. The smallest absolute Gasteiger partial charge is 0.174 e. The van der Waals surface area contributed by atoms with Crippen LogP contribution in [0.5, 0.6) is 0 Å². The molecule has 0 heterocycles. The molecule has 0 amide bonds. The normalized spacial score (nSPS) is 13.8. The van der Waals surface area contributed by atoms with Gasteiger partial charge in [-0.25, -0.2) is 0 Å². The van der Waals surface area contributed by atoms with E-state index in [-0.39, 0.29) is 0 Å². The molecule has 0 aromatic heterocycles. The van der Waals surface area contributed by atoms with Crippen LogP contribution >= 0.6 is 0 Å². The predicted molar refractivity (Wildman–Crippen MR) is 23.4 cm³/mol. The second-order valence-electron chi connectivity index (χ2n) is 1.78. The Labute approximate surface area is 54.7 Å². The Balaban J connectivity index is 3.56. The molecule has 0 aliphatic heterocycles. The first-order valence-corrected chi connectivity index (χ1v) is 2.33. The Bertz CT molecular complexity index is 88.8. The van der Waals surface area contributed by atoms with Crippen molar-refractivity contribution in [2.75, 3.05) is 0 Å². The molecule has 0 radical (unpaired) electrons. The lowest BCUT2D eigenvalue weighted by atomic mass is 10.7. The van der Waals surface area contributed by atoms with E-state index in [9.17, 15) is 17.6 Å². The van der Waals surface area contributed by atoms with Crippen molar-refractivity contribution in [1.82, 2.24) is 0 Å². The van der Waals surface area contributed by atoms with Gasteiger partial charge in [-0.1, -0.05) is 0 Å². The zero-order valence-electron chi connectivity index (χ0n) is 5.33. The van der Waals surface area contributed by atoms with Crippen LogP contribution in [0.3, 0.4) is 0 Å². The third kappa shape index (κ3) is 7.64. The number of alkyl halides is 4. The van der Waals surface area contributed by atoms with E-state index < -0.39 is 12.2 Å². The summed E-state index contributed by atoms with van der Waals surface area (Å²) in [7, 11) is 0. The van der Waals surface area contributed by atoms with Crippen molar-refractivity contribution < 1.29 is 27.3 Å². The summed E-state index contributed by atoms with van der Waals surface area (Å²) in [5.41, 5.74) is 0. The number of hydrogen-bond donors (Lipinski definition) is 0. The molecule has 10 heavy (non-hydrogen) atoms. The monoisotopic (exact) mass is 162 g/mol. The van der Waals surface area contributed by atoms with Crippen LogP contribution in [-0.2, 0) is 9.78 Å². The van der Waals surface area contributed by atoms with E-state index in [0.717, 1.165) is 0 Å². The molecule has 0 unspecified atom stereocenters. The van der Waals surface area contributed by atoms with Crippen molar-refractivity contribution in [3.63, 3.8) is 0 Å². The highest BCUT2D eigenvalue weighted by molar-refractivity contribution is 4.34. The fourth-order valence-electron chi connectivity index (χ4n) is 0.146. The van der Waals surface area contributed by atoms with E-state index in [1.165, 1.54) is 0 Å². The second kappa shape index (κ2) is 2.71. The van der Waals surface area contributed by atoms with Gasteiger partial charge in [-0.3, -0.25) is 0 Å². The standard InChI is InChI=1S/C4H6F4O2/c1-3(5,6)9-10-4(2,7)8/h1-2H3. The third-order valence-electron chi connectivity index (χ3n) is 0.334. The lowest BCUT2D eigenvalue weighted by Crippen LogP contribution is -2.23. The van der Waals surface area contributed by atoms with Gasteiger partial charge in [0, 0.05) is 13.8 Å². The third-order valence-corrected chi connectivity index (χ3v) is 0.334. The topological polar surface area (TPSA) is 18.5 Å². The average molecular weight is 162 g/mol. The molecule has 0 aromatic rings. The Hall–Kier alpha value is -0.360. The minimum absolute atomic E-state index is 0.290. The molecule has 0 bridgehead atoms. The zero-order valence-corrected chi connectivity index (χ0v) is 5.33. The molecule has 0 N–H and O–H groups in total. The van der Waals surface area contributed by atoms with E-state index in [1.54, 1.807) is 0 Å². The molecule has 0 saturated heterocycles. The summed E-state index contributed by atoms with van der Waals surface area (Å²) in [5, 5.41) is 0. The lowest BCUT2D eigenvalue weighted by Gasteiger charge is -2.13. The van der Waals surface area contributed by atoms with Gasteiger partial charge in [-0.15, -0.1) is 0 Å². The average Bonchev–Trinajstić information content (AvgIpc) is 1.57. The van der Waals surface area contributed by atoms with Crippen molar-refractivity contribution in [1.29, 1.82) is 0 Å². The van der Waals surface area contributed by atoms with Crippen LogP contribution in [0.2, 0.25) is 0 Å². The zero-order chi connectivity index (χ0) is 8.41. The molecule has 0 spiro atoms. The Morgan fingerprint density at radius 3 is 1.10 bits per heavy atom. The lowest BCUT2D eigenvalue weighted by molar-refractivity contribution is -0.511. The molecular weight excluding hydrogens is 156 g/mol. The van der Waals surface area contributed by atoms with Gasteiger partial charge in [0.2, 0.25) is 0 Å². The van der Waals surface area contributed by atoms with Crippen molar-refractivity contribution in [2.45, 2.75) is 26.1 Å². The summed E-state index contributed by atoms with van der Waals surface area (Å²) in [6.07, 6.45) is -7.39. The maximum atomic E-state index is 11.6. The van der Waals surface area contributed by atoms with Gasteiger partial charge >= 0.3 is 12.2 Å².